The van der Waals surface area contributed by atoms with E-state index in [4.69, 9.17) is 0 Å². The topological polar surface area (TPSA) is 19.9 Å². The molecule has 0 saturated carbocycles. The van der Waals surface area contributed by atoms with Crippen molar-refractivity contribution in [2.45, 2.75) is 6.92 Å². The van der Waals surface area contributed by atoms with Crippen LogP contribution in [0.25, 0.3) is 0 Å². The first-order chi connectivity index (χ1) is 3.31. The SMILES string of the molecule is CC(C#CBr)C[O]. The van der Waals surface area contributed by atoms with E-state index < -0.39 is 0 Å². The molecule has 0 amide bonds. The van der Waals surface area contributed by atoms with Gasteiger partial charge in [-0.25, -0.2) is 5.11 Å². The molecule has 0 aliphatic carbocycles. The van der Waals surface area contributed by atoms with Crippen molar-refractivity contribution < 1.29 is 5.11 Å². The van der Waals surface area contributed by atoms with Crippen molar-refractivity contribution in [2.24, 2.45) is 5.92 Å². The van der Waals surface area contributed by atoms with Gasteiger partial charge in [-0.2, -0.15) is 0 Å². The normalized spacial score (nSPS) is 11.9. The Morgan fingerprint density at radius 3 is 2.57 bits per heavy atom. The first kappa shape index (κ1) is 7.00. The largest absolute Gasteiger partial charge is 0.235 e. The molecule has 0 aliphatic heterocycles. The predicted molar refractivity (Wildman–Crippen MR) is 31.4 cm³/mol. The Labute approximate surface area is 51.9 Å². The molecule has 39 valence electrons. The summed E-state index contributed by atoms with van der Waals surface area (Å²) in [6.45, 7) is 1.68. The minimum atomic E-state index is -0.113. The van der Waals surface area contributed by atoms with Crippen molar-refractivity contribution in [2.75, 3.05) is 6.61 Å². The van der Waals surface area contributed by atoms with E-state index in [1.807, 2.05) is 0 Å². The molecule has 0 aliphatic rings. The second kappa shape index (κ2) is 4.17. The molecule has 0 aromatic rings. The standard InChI is InChI=1S/C5H6BrO/c1-5(4-7)2-3-6/h5H,4H2,1H3. The monoisotopic (exact) mass is 161 g/mol. The van der Waals surface area contributed by atoms with Crippen LogP contribution in [-0.4, -0.2) is 6.61 Å². The molecule has 0 N–H and O–H groups in total. The Hall–Kier alpha value is -0.0000000000000000208. The van der Waals surface area contributed by atoms with Gasteiger partial charge >= 0.3 is 0 Å². The number of hydrogen-bond donors (Lipinski definition) is 0. The zero-order valence-electron chi connectivity index (χ0n) is 4.07. The maximum absolute atomic E-state index is 9.90. The number of halogens is 1. The molecule has 0 bridgehead atoms. The number of rotatable bonds is 1. The average Bonchev–Trinajstić information content (AvgIpc) is 1.68. The third-order valence-electron chi connectivity index (χ3n) is 0.551. The lowest BCUT2D eigenvalue weighted by atomic mass is 10.2. The molecule has 0 spiro atoms. The maximum Gasteiger partial charge on any atom is 0.0957 e. The molecule has 0 aromatic carbocycles. The van der Waals surface area contributed by atoms with Crippen LogP contribution in [0.5, 0.6) is 0 Å². The van der Waals surface area contributed by atoms with Crippen LogP contribution in [0, 0.1) is 16.7 Å². The van der Waals surface area contributed by atoms with Gasteiger partial charge in [-0.1, -0.05) is 5.92 Å². The van der Waals surface area contributed by atoms with Gasteiger partial charge in [-0.3, -0.25) is 0 Å². The molecule has 0 fully saturated rings. The smallest absolute Gasteiger partial charge is 0.0957 e. The number of hydrogen-bond acceptors (Lipinski definition) is 0. The van der Waals surface area contributed by atoms with E-state index in [1.165, 1.54) is 0 Å². The summed E-state index contributed by atoms with van der Waals surface area (Å²) in [4.78, 5) is 2.48. The second-order valence-electron chi connectivity index (χ2n) is 1.31. The Morgan fingerprint density at radius 2 is 2.43 bits per heavy atom. The van der Waals surface area contributed by atoms with E-state index in [2.05, 4.69) is 26.7 Å². The van der Waals surface area contributed by atoms with E-state index in [-0.39, 0.29) is 12.5 Å². The summed E-state index contributed by atoms with van der Waals surface area (Å²) in [5, 5.41) is 9.90. The molecule has 1 atom stereocenters. The van der Waals surface area contributed by atoms with E-state index in [9.17, 15) is 5.11 Å². The fourth-order valence-electron chi connectivity index (χ4n) is 0.135. The van der Waals surface area contributed by atoms with Gasteiger partial charge in [0, 0.05) is 21.8 Å². The van der Waals surface area contributed by atoms with Gasteiger partial charge in [0.1, 0.15) is 0 Å². The highest BCUT2D eigenvalue weighted by Gasteiger charge is 1.89. The van der Waals surface area contributed by atoms with Gasteiger partial charge in [0.05, 0.1) is 6.61 Å². The molecule has 1 radical (unpaired) electrons. The Morgan fingerprint density at radius 1 is 1.86 bits per heavy atom. The summed E-state index contributed by atoms with van der Waals surface area (Å²) < 4.78 is 0. The second-order valence-corrected chi connectivity index (χ2v) is 1.70. The molecular formula is C5H6BrO. The first-order valence-electron chi connectivity index (χ1n) is 2.00. The van der Waals surface area contributed by atoms with Crippen LogP contribution in [0.1, 0.15) is 6.92 Å². The van der Waals surface area contributed by atoms with E-state index in [1.54, 1.807) is 6.92 Å². The summed E-state index contributed by atoms with van der Waals surface area (Å²) in [7, 11) is 0. The summed E-state index contributed by atoms with van der Waals surface area (Å²) in [5.41, 5.74) is 0. The summed E-state index contributed by atoms with van der Waals surface area (Å²) in [6.07, 6.45) is 0. The van der Waals surface area contributed by atoms with Crippen LogP contribution in [0.2, 0.25) is 0 Å². The molecule has 2 heteroatoms. The van der Waals surface area contributed by atoms with Crippen LogP contribution in [-0.2, 0) is 5.11 Å². The van der Waals surface area contributed by atoms with Crippen molar-refractivity contribution in [1.29, 1.82) is 0 Å². The van der Waals surface area contributed by atoms with Gasteiger partial charge in [-0.05, 0) is 11.8 Å². The minimum absolute atomic E-state index is 0.0145. The summed E-state index contributed by atoms with van der Waals surface area (Å²) in [5.74, 6) is 2.63. The van der Waals surface area contributed by atoms with Crippen LogP contribution < -0.4 is 0 Å². The Bertz CT molecular complexity index is 90.0. The lowest BCUT2D eigenvalue weighted by Crippen LogP contribution is -1.92. The zero-order valence-corrected chi connectivity index (χ0v) is 5.66. The lowest BCUT2D eigenvalue weighted by molar-refractivity contribution is 0.171. The van der Waals surface area contributed by atoms with E-state index in [0.29, 0.717) is 0 Å². The van der Waals surface area contributed by atoms with Crippen molar-refractivity contribution in [3.05, 3.63) is 0 Å². The summed E-state index contributed by atoms with van der Waals surface area (Å²) in [6, 6.07) is 0. The maximum atomic E-state index is 9.90. The quantitative estimate of drug-likeness (QED) is 0.519. The molecule has 1 unspecified atom stereocenters. The molecule has 0 aromatic heterocycles. The van der Waals surface area contributed by atoms with E-state index >= 15 is 0 Å². The first-order valence-corrected chi connectivity index (χ1v) is 2.79. The van der Waals surface area contributed by atoms with Gasteiger partial charge in [0.25, 0.3) is 0 Å². The van der Waals surface area contributed by atoms with Gasteiger partial charge in [0.2, 0.25) is 0 Å². The average molecular weight is 162 g/mol. The molecular weight excluding hydrogens is 156 g/mol. The lowest BCUT2D eigenvalue weighted by Gasteiger charge is -1.88. The van der Waals surface area contributed by atoms with Crippen molar-refractivity contribution in [3.63, 3.8) is 0 Å². The fourth-order valence-corrected chi connectivity index (χ4v) is 0.526. The molecule has 7 heavy (non-hydrogen) atoms. The van der Waals surface area contributed by atoms with Crippen molar-refractivity contribution >= 4 is 15.9 Å². The highest BCUT2D eigenvalue weighted by atomic mass is 79.9. The molecule has 0 heterocycles. The van der Waals surface area contributed by atoms with Gasteiger partial charge < -0.3 is 0 Å². The van der Waals surface area contributed by atoms with Gasteiger partial charge in [-0.15, -0.1) is 0 Å². The highest BCUT2D eigenvalue weighted by molar-refractivity contribution is 9.12. The van der Waals surface area contributed by atoms with Crippen LogP contribution in [0.3, 0.4) is 0 Å². The Balaban J connectivity index is 3.29. The van der Waals surface area contributed by atoms with Crippen molar-refractivity contribution in [1.82, 2.24) is 0 Å². The third kappa shape index (κ3) is 3.84. The Kier molecular flexibility index (Phi) is 4.17. The molecule has 0 rings (SSSR count). The van der Waals surface area contributed by atoms with E-state index in [0.717, 1.165) is 0 Å². The van der Waals surface area contributed by atoms with Gasteiger partial charge in [0.15, 0.2) is 0 Å². The summed E-state index contributed by atoms with van der Waals surface area (Å²) >= 11 is 2.89. The highest BCUT2D eigenvalue weighted by Crippen LogP contribution is 1.88. The molecule has 0 saturated heterocycles. The zero-order chi connectivity index (χ0) is 5.70. The van der Waals surface area contributed by atoms with Crippen LogP contribution in [0.4, 0.5) is 0 Å². The predicted octanol–water partition coefficient (Wildman–Crippen LogP) is 1.41. The minimum Gasteiger partial charge on any atom is -0.235 e. The fraction of sp³-hybridized carbons (Fsp3) is 0.600. The van der Waals surface area contributed by atoms with Crippen LogP contribution in [0.15, 0.2) is 0 Å². The molecule has 1 nitrogen and oxygen atoms in total. The third-order valence-corrected chi connectivity index (χ3v) is 0.780. The van der Waals surface area contributed by atoms with Crippen molar-refractivity contribution in [3.8, 4) is 10.8 Å². The van der Waals surface area contributed by atoms with Crippen LogP contribution >= 0.6 is 15.9 Å².